The summed E-state index contributed by atoms with van der Waals surface area (Å²) in [6.07, 6.45) is 0.346. The minimum absolute atomic E-state index is 0.0138. The van der Waals surface area contributed by atoms with Gasteiger partial charge in [0.15, 0.2) is 26.1 Å². The van der Waals surface area contributed by atoms with Gasteiger partial charge >= 0.3 is 0 Å². The molecule has 0 fully saturated rings. The third kappa shape index (κ3) is 5.16. The summed E-state index contributed by atoms with van der Waals surface area (Å²) in [5.74, 6) is 1.02. The summed E-state index contributed by atoms with van der Waals surface area (Å²) in [5, 5.41) is 0. The molecule has 1 amide bonds. The fourth-order valence-electron chi connectivity index (χ4n) is 3.50. The summed E-state index contributed by atoms with van der Waals surface area (Å²) in [4.78, 5) is 17.3. The molecule has 0 atom stereocenters. The number of fused-ring (bicyclic) bond motifs is 2. The lowest BCUT2D eigenvalue weighted by molar-refractivity contribution is -0.118. The Bertz CT molecular complexity index is 1260. The lowest BCUT2D eigenvalue weighted by atomic mass is 10.2. The number of sulfone groups is 1. The van der Waals surface area contributed by atoms with E-state index in [9.17, 15) is 13.2 Å². The second kappa shape index (κ2) is 9.23. The van der Waals surface area contributed by atoms with E-state index in [1.807, 2.05) is 41.8 Å². The average molecular weight is 461 g/mol. The van der Waals surface area contributed by atoms with Gasteiger partial charge in [0.2, 0.25) is 5.91 Å². The van der Waals surface area contributed by atoms with Gasteiger partial charge in [0.25, 0.3) is 0 Å². The first-order chi connectivity index (χ1) is 14.9. The Morgan fingerprint density at radius 2 is 1.84 bits per heavy atom. The molecular formula is C22H24N2O5S2. The summed E-state index contributed by atoms with van der Waals surface area (Å²) in [6.45, 7) is 3.66. The van der Waals surface area contributed by atoms with Crippen LogP contribution in [-0.4, -0.2) is 37.9 Å². The quantitative estimate of drug-likeness (QED) is 0.540. The summed E-state index contributed by atoms with van der Waals surface area (Å²) in [6, 6.07) is 12.9. The van der Waals surface area contributed by atoms with Gasteiger partial charge in [-0.25, -0.2) is 8.42 Å². The predicted octanol–water partition coefficient (Wildman–Crippen LogP) is 3.32. The number of hydrogen-bond acceptors (Lipinski definition) is 6. The van der Waals surface area contributed by atoms with Crippen LogP contribution in [0.2, 0.25) is 0 Å². The topological polar surface area (TPSA) is 87.0 Å². The highest BCUT2D eigenvalue weighted by Crippen LogP contribution is 2.35. The molecule has 4 rings (SSSR count). The molecule has 1 aromatic heterocycles. The maximum absolute atomic E-state index is 12.4. The molecule has 0 unspecified atom stereocenters. The van der Waals surface area contributed by atoms with Crippen LogP contribution in [-0.2, 0) is 26.9 Å². The summed E-state index contributed by atoms with van der Waals surface area (Å²) in [5.41, 5.74) is 1.69. The Morgan fingerprint density at radius 1 is 1.13 bits per heavy atom. The number of rotatable bonds is 7. The molecule has 0 aliphatic carbocycles. The number of ether oxygens (including phenoxy) is 2. The largest absolute Gasteiger partial charge is 0.486 e. The molecule has 1 aliphatic rings. The minimum Gasteiger partial charge on any atom is -0.486 e. The summed E-state index contributed by atoms with van der Waals surface area (Å²) < 4.78 is 38.9. The van der Waals surface area contributed by atoms with Crippen LogP contribution < -0.4 is 14.3 Å². The van der Waals surface area contributed by atoms with E-state index in [0.29, 0.717) is 36.1 Å². The van der Waals surface area contributed by atoms with E-state index >= 15 is 0 Å². The van der Waals surface area contributed by atoms with E-state index in [4.69, 9.17) is 9.47 Å². The van der Waals surface area contributed by atoms with Crippen LogP contribution in [0.3, 0.4) is 0 Å². The fraction of sp³-hybridized carbons (Fsp3) is 0.364. The fourth-order valence-corrected chi connectivity index (χ4v) is 6.05. The zero-order valence-electron chi connectivity index (χ0n) is 17.2. The van der Waals surface area contributed by atoms with Crippen LogP contribution in [0.15, 0.2) is 47.5 Å². The van der Waals surface area contributed by atoms with Crippen molar-refractivity contribution < 1.29 is 22.7 Å². The van der Waals surface area contributed by atoms with Crippen LogP contribution in [0, 0.1) is 0 Å². The Hall–Kier alpha value is -2.65. The van der Waals surface area contributed by atoms with Crippen molar-refractivity contribution in [3.63, 3.8) is 0 Å². The van der Waals surface area contributed by atoms with Crippen LogP contribution in [0.25, 0.3) is 10.2 Å². The third-order valence-corrected chi connectivity index (χ3v) is 7.68. The number of nitrogens with zero attached hydrogens (tertiary/aromatic N) is 2. The molecule has 0 bridgehead atoms. The zero-order chi connectivity index (χ0) is 21.8. The van der Waals surface area contributed by atoms with Gasteiger partial charge in [0, 0.05) is 25.1 Å². The second-order valence-corrected chi connectivity index (χ2v) is 10.5. The van der Waals surface area contributed by atoms with Gasteiger partial charge < -0.3 is 14.0 Å². The van der Waals surface area contributed by atoms with Gasteiger partial charge in [-0.1, -0.05) is 41.7 Å². The molecule has 2 aromatic carbocycles. The number of thiazole rings is 1. The minimum atomic E-state index is -3.27. The molecule has 0 N–H and O–H groups in total. The lowest BCUT2D eigenvalue weighted by Crippen LogP contribution is -2.17. The molecule has 9 heteroatoms. The molecule has 0 spiro atoms. The van der Waals surface area contributed by atoms with Gasteiger partial charge in [-0.3, -0.25) is 4.79 Å². The van der Waals surface area contributed by atoms with Crippen molar-refractivity contribution in [2.75, 3.05) is 19.0 Å². The monoisotopic (exact) mass is 460 g/mol. The van der Waals surface area contributed by atoms with Gasteiger partial charge in [-0.05, 0) is 18.9 Å². The van der Waals surface area contributed by atoms with Gasteiger partial charge in [-0.2, -0.15) is 4.99 Å². The number of amides is 1. The molecule has 3 aromatic rings. The number of carbonyl (C=O) groups is 1. The van der Waals surface area contributed by atoms with Crippen molar-refractivity contribution in [3.05, 3.63) is 52.8 Å². The normalized spacial score (nSPS) is 14.2. The molecule has 1 aliphatic heterocycles. The molecular weight excluding hydrogens is 436 g/mol. The Kier molecular flexibility index (Phi) is 6.43. The third-order valence-electron chi connectivity index (χ3n) is 4.96. The first kappa shape index (κ1) is 21.6. The van der Waals surface area contributed by atoms with Crippen molar-refractivity contribution in [1.82, 2.24) is 4.57 Å². The number of carbonyl (C=O) groups excluding carboxylic acids is 1. The standard InChI is InChI=1S/C22H24N2O5S2/c1-2-24-17-13-18-19(29-11-10-28-18)14-20(17)30-22(24)23-21(25)9-6-12-31(26,27)15-16-7-4-3-5-8-16/h3-5,7-8,13-14H,2,6,9-12,15H2,1H3. The highest BCUT2D eigenvalue weighted by atomic mass is 32.2. The SMILES string of the molecule is CCn1c(=NC(=O)CCCS(=O)(=O)Cc2ccccc2)sc2cc3c(cc21)OCCO3. The number of aromatic nitrogens is 1. The van der Waals surface area contributed by atoms with E-state index in [0.717, 1.165) is 15.8 Å². The highest BCUT2D eigenvalue weighted by molar-refractivity contribution is 7.90. The van der Waals surface area contributed by atoms with Crippen LogP contribution in [0.5, 0.6) is 11.5 Å². The van der Waals surface area contributed by atoms with Crippen molar-refractivity contribution >= 4 is 37.3 Å². The van der Waals surface area contributed by atoms with Crippen LogP contribution in [0.1, 0.15) is 25.3 Å². The van der Waals surface area contributed by atoms with E-state index in [2.05, 4.69) is 4.99 Å². The highest BCUT2D eigenvalue weighted by Gasteiger charge is 2.17. The van der Waals surface area contributed by atoms with Crippen LogP contribution in [0.4, 0.5) is 0 Å². The Balaban J connectivity index is 1.46. The van der Waals surface area contributed by atoms with Crippen molar-refractivity contribution in [2.24, 2.45) is 4.99 Å². The molecule has 31 heavy (non-hydrogen) atoms. The molecule has 0 saturated heterocycles. The van der Waals surface area contributed by atoms with Gasteiger partial charge in [0.1, 0.15) is 13.2 Å². The number of hydrogen-bond donors (Lipinski definition) is 0. The van der Waals surface area contributed by atoms with E-state index in [1.165, 1.54) is 11.3 Å². The van der Waals surface area contributed by atoms with Gasteiger partial charge in [-0.15, -0.1) is 0 Å². The van der Waals surface area contributed by atoms with Crippen LogP contribution >= 0.6 is 11.3 Å². The number of aryl methyl sites for hydroxylation is 1. The van der Waals surface area contributed by atoms with Crippen molar-refractivity contribution in [2.45, 2.75) is 32.1 Å². The van der Waals surface area contributed by atoms with Crippen molar-refractivity contribution in [3.8, 4) is 11.5 Å². The molecule has 2 heterocycles. The first-order valence-corrected chi connectivity index (χ1v) is 12.8. The smallest absolute Gasteiger partial charge is 0.248 e. The predicted molar refractivity (Wildman–Crippen MR) is 120 cm³/mol. The van der Waals surface area contributed by atoms with E-state index in [1.54, 1.807) is 12.1 Å². The molecule has 7 nitrogen and oxygen atoms in total. The maximum Gasteiger partial charge on any atom is 0.248 e. The maximum atomic E-state index is 12.4. The average Bonchev–Trinajstić information content (AvgIpc) is 3.07. The number of benzene rings is 2. The first-order valence-electron chi connectivity index (χ1n) is 10.2. The van der Waals surface area contributed by atoms with E-state index in [-0.39, 0.29) is 30.3 Å². The zero-order valence-corrected chi connectivity index (χ0v) is 18.9. The van der Waals surface area contributed by atoms with Gasteiger partial charge in [0.05, 0.1) is 21.7 Å². The second-order valence-electron chi connectivity index (χ2n) is 7.28. The van der Waals surface area contributed by atoms with E-state index < -0.39 is 9.84 Å². The Labute approximate surface area is 184 Å². The molecule has 0 radical (unpaired) electrons. The Morgan fingerprint density at radius 3 is 2.55 bits per heavy atom. The van der Waals surface area contributed by atoms with Crippen molar-refractivity contribution in [1.29, 1.82) is 0 Å². The lowest BCUT2D eigenvalue weighted by Gasteiger charge is -2.18. The summed E-state index contributed by atoms with van der Waals surface area (Å²) >= 11 is 1.41. The molecule has 164 valence electrons. The molecule has 0 saturated carbocycles. The summed E-state index contributed by atoms with van der Waals surface area (Å²) in [7, 11) is -3.27.